The zero-order valence-corrected chi connectivity index (χ0v) is 12.7. The summed E-state index contributed by atoms with van der Waals surface area (Å²) in [4.78, 5) is 25.2. The molecule has 0 spiro atoms. The monoisotopic (exact) mass is 296 g/mol. The van der Waals surface area contributed by atoms with Crippen molar-refractivity contribution in [3.63, 3.8) is 0 Å². The molecule has 2 amide bonds. The first-order chi connectivity index (χ1) is 9.91. The van der Waals surface area contributed by atoms with Gasteiger partial charge < -0.3 is 20.1 Å². The summed E-state index contributed by atoms with van der Waals surface area (Å²) < 4.78 is 5.73. The first-order valence-corrected chi connectivity index (χ1v) is 7.81. The molecule has 1 aliphatic carbocycles. The fourth-order valence-corrected chi connectivity index (χ4v) is 4.20. The summed E-state index contributed by atoms with van der Waals surface area (Å²) in [6, 6.07) is 0.00656. The van der Waals surface area contributed by atoms with Gasteiger partial charge in [-0.25, -0.2) is 4.79 Å². The second-order valence-electron chi connectivity index (χ2n) is 7.12. The summed E-state index contributed by atoms with van der Waals surface area (Å²) in [6.45, 7) is 5.99. The maximum absolute atomic E-state index is 12.4. The van der Waals surface area contributed by atoms with Crippen LogP contribution in [0, 0.1) is 17.3 Å². The number of aliphatic carboxylic acids is 1. The van der Waals surface area contributed by atoms with E-state index in [1.165, 1.54) is 0 Å². The number of carboxylic acid groups (broad SMARTS) is 1. The van der Waals surface area contributed by atoms with Crippen molar-refractivity contribution in [1.82, 2.24) is 10.2 Å². The molecule has 0 aromatic rings. The minimum absolute atomic E-state index is 0.0428. The van der Waals surface area contributed by atoms with E-state index in [4.69, 9.17) is 9.84 Å². The minimum atomic E-state index is -0.805. The van der Waals surface area contributed by atoms with Crippen LogP contribution in [0.4, 0.5) is 4.79 Å². The summed E-state index contributed by atoms with van der Waals surface area (Å²) in [5.41, 5.74) is -0.0428. The smallest absolute Gasteiger partial charge is 0.317 e. The Morgan fingerprint density at radius 2 is 2.10 bits per heavy atom. The molecule has 0 radical (unpaired) electrons. The second kappa shape index (κ2) is 5.16. The lowest BCUT2D eigenvalue weighted by molar-refractivity contribution is -0.143. The molecule has 6 nitrogen and oxygen atoms in total. The maximum atomic E-state index is 12.4. The maximum Gasteiger partial charge on any atom is 0.317 e. The topological polar surface area (TPSA) is 78.9 Å². The lowest BCUT2D eigenvalue weighted by atomic mass is 9.57. The number of nitrogens with one attached hydrogen (secondary N) is 1. The lowest BCUT2D eigenvalue weighted by Crippen LogP contribution is -2.68. The predicted octanol–water partition coefficient (Wildman–Crippen LogP) is 1.31. The number of likely N-dealkylation sites (tertiary alicyclic amines) is 1. The molecule has 3 rings (SSSR count). The van der Waals surface area contributed by atoms with Crippen LogP contribution in [0.1, 0.15) is 33.1 Å². The molecule has 4 atom stereocenters. The van der Waals surface area contributed by atoms with Crippen LogP contribution in [0.2, 0.25) is 0 Å². The van der Waals surface area contributed by atoms with Crippen molar-refractivity contribution in [3.8, 4) is 0 Å². The van der Waals surface area contributed by atoms with Crippen molar-refractivity contribution < 1.29 is 19.4 Å². The van der Waals surface area contributed by atoms with E-state index in [1.807, 2.05) is 0 Å². The van der Waals surface area contributed by atoms with Gasteiger partial charge in [-0.15, -0.1) is 0 Å². The number of piperidine rings is 1. The molecule has 0 aromatic carbocycles. The summed E-state index contributed by atoms with van der Waals surface area (Å²) in [7, 11) is 0. The number of carboxylic acids is 1. The van der Waals surface area contributed by atoms with Crippen LogP contribution in [0.25, 0.3) is 0 Å². The molecule has 118 valence electrons. The summed E-state index contributed by atoms with van der Waals surface area (Å²) in [5.74, 6) is -0.828. The van der Waals surface area contributed by atoms with Crippen molar-refractivity contribution in [2.45, 2.75) is 45.3 Å². The Bertz CT molecular complexity index is 451. The number of carbonyl (C=O) groups is 2. The third kappa shape index (κ3) is 2.39. The number of ether oxygens (including phenoxy) is 1. The van der Waals surface area contributed by atoms with Gasteiger partial charge in [0.25, 0.3) is 0 Å². The second-order valence-corrected chi connectivity index (χ2v) is 7.12. The van der Waals surface area contributed by atoms with Crippen molar-refractivity contribution in [2.24, 2.45) is 17.3 Å². The number of fused-ring (bicyclic) bond motifs is 1. The Balaban J connectivity index is 1.60. The van der Waals surface area contributed by atoms with E-state index in [2.05, 4.69) is 19.2 Å². The normalized spacial score (nSPS) is 37.5. The highest BCUT2D eigenvalue weighted by molar-refractivity contribution is 5.77. The molecule has 0 bridgehead atoms. The molecule has 21 heavy (non-hydrogen) atoms. The van der Waals surface area contributed by atoms with Crippen LogP contribution < -0.4 is 5.32 Å². The van der Waals surface area contributed by atoms with Gasteiger partial charge >= 0.3 is 12.0 Å². The van der Waals surface area contributed by atoms with E-state index in [9.17, 15) is 9.59 Å². The van der Waals surface area contributed by atoms with E-state index in [-0.39, 0.29) is 23.6 Å². The fourth-order valence-electron chi connectivity index (χ4n) is 4.20. The quantitative estimate of drug-likeness (QED) is 0.805. The zero-order valence-electron chi connectivity index (χ0n) is 12.7. The van der Waals surface area contributed by atoms with E-state index in [1.54, 1.807) is 4.90 Å². The SMILES string of the molecule is CC1(C)C(NC(=O)N2CCCC(C(=O)O)C2)C2CCOC21. The first-order valence-electron chi connectivity index (χ1n) is 7.81. The number of hydrogen-bond donors (Lipinski definition) is 2. The van der Waals surface area contributed by atoms with Gasteiger partial charge in [-0.3, -0.25) is 4.79 Å². The van der Waals surface area contributed by atoms with Gasteiger partial charge in [0, 0.05) is 37.1 Å². The van der Waals surface area contributed by atoms with E-state index in [0.717, 1.165) is 19.4 Å². The Morgan fingerprint density at radius 3 is 2.81 bits per heavy atom. The summed E-state index contributed by atoms with van der Waals surface area (Å²) in [5, 5.41) is 12.2. The molecule has 2 heterocycles. The highest BCUT2D eigenvalue weighted by Crippen LogP contribution is 2.52. The van der Waals surface area contributed by atoms with Crippen molar-refractivity contribution in [1.29, 1.82) is 0 Å². The average molecular weight is 296 g/mol. The molecule has 0 aromatic heterocycles. The van der Waals surface area contributed by atoms with Crippen LogP contribution in [0.3, 0.4) is 0 Å². The van der Waals surface area contributed by atoms with Crippen LogP contribution in [-0.2, 0) is 9.53 Å². The summed E-state index contributed by atoms with van der Waals surface area (Å²) >= 11 is 0. The molecule has 2 aliphatic heterocycles. The third-order valence-electron chi connectivity index (χ3n) is 5.44. The molecular weight excluding hydrogens is 272 g/mol. The number of carbonyl (C=O) groups excluding carboxylic acids is 1. The van der Waals surface area contributed by atoms with Gasteiger partial charge in [-0.05, 0) is 19.3 Å². The van der Waals surface area contributed by atoms with Crippen LogP contribution in [-0.4, -0.2) is 53.8 Å². The van der Waals surface area contributed by atoms with E-state index in [0.29, 0.717) is 25.4 Å². The molecule has 4 unspecified atom stereocenters. The number of amides is 2. The van der Waals surface area contributed by atoms with Gasteiger partial charge in [-0.1, -0.05) is 13.8 Å². The van der Waals surface area contributed by atoms with Crippen molar-refractivity contribution in [2.75, 3.05) is 19.7 Å². The highest BCUT2D eigenvalue weighted by Gasteiger charge is 2.60. The molecule has 3 fully saturated rings. The molecule has 3 aliphatic rings. The van der Waals surface area contributed by atoms with Crippen LogP contribution >= 0.6 is 0 Å². The number of nitrogens with zero attached hydrogens (tertiary/aromatic N) is 1. The van der Waals surface area contributed by atoms with Gasteiger partial charge in [0.15, 0.2) is 0 Å². The Labute approximate surface area is 124 Å². The number of hydrogen-bond acceptors (Lipinski definition) is 3. The fraction of sp³-hybridized carbons (Fsp3) is 0.867. The standard InChI is InChI=1S/C15H24N2O4/c1-15(2)11(10-5-7-21-12(10)15)16-14(20)17-6-3-4-9(8-17)13(18)19/h9-12H,3-8H2,1-2H3,(H,16,20)(H,18,19). The Kier molecular flexibility index (Phi) is 3.59. The number of rotatable bonds is 2. The largest absolute Gasteiger partial charge is 0.481 e. The Hall–Kier alpha value is -1.30. The Morgan fingerprint density at radius 1 is 1.33 bits per heavy atom. The molecular formula is C15H24N2O4. The molecule has 6 heteroatoms. The molecule has 2 saturated heterocycles. The third-order valence-corrected chi connectivity index (χ3v) is 5.44. The van der Waals surface area contributed by atoms with Crippen molar-refractivity contribution >= 4 is 12.0 Å². The first kappa shape index (κ1) is 14.6. The van der Waals surface area contributed by atoms with Gasteiger partial charge in [-0.2, -0.15) is 0 Å². The number of urea groups is 1. The minimum Gasteiger partial charge on any atom is -0.481 e. The predicted molar refractivity (Wildman–Crippen MR) is 75.9 cm³/mol. The zero-order chi connectivity index (χ0) is 15.2. The van der Waals surface area contributed by atoms with Crippen LogP contribution in [0.15, 0.2) is 0 Å². The molecule has 1 saturated carbocycles. The lowest BCUT2D eigenvalue weighted by Gasteiger charge is -2.54. The van der Waals surface area contributed by atoms with Crippen LogP contribution in [0.5, 0.6) is 0 Å². The van der Waals surface area contributed by atoms with Gasteiger partial charge in [0.2, 0.25) is 0 Å². The van der Waals surface area contributed by atoms with E-state index >= 15 is 0 Å². The summed E-state index contributed by atoms with van der Waals surface area (Å²) in [6.07, 6.45) is 2.66. The van der Waals surface area contributed by atoms with Crippen molar-refractivity contribution in [3.05, 3.63) is 0 Å². The average Bonchev–Trinajstić information content (AvgIpc) is 2.91. The highest BCUT2D eigenvalue weighted by atomic mass is 16.5. The van der Waals surface area contributed by atoms with E-state index < -0.39 is 11.9 Å². The molecule has 2 N–H and O–H groups in total. The van der Waals surface area contributed by atoms with Gasteiger partial charge in [0.05, 0.1) is 12.0 Å². The van der Waals surface area contributed by atoms with Gasteiger partial charge in [0.1, 0.15) is 0 Å².